The third-order valence-corrected chi connectivity index (χ3v) is 6.39. The molecule has 1 atom stereocenters. The number of carbonyl (C=O) groups excluding carboxylic acids is 2. The molecular weight excluding hydrogens is 467 g/mol. The molecule has 10 heteroatoms. The van der Waals surface area contributed by atoms with E-state index in [4.69, 9.17) is 13.9 Å². The van der Waals surface area contributed by atoms with Crippen LogP contribution in [0.1, 0.15) is 17.4 Å². The summed E-state index contributed by atoms with van der Waals surface area (Å²) in [5.41, 5.74) is 1.92. The van der Waals surface area contributed by atoms with Crippen LogP contribution in [-0.4, -0.2) is 56.2 Å². The maximum atomic E-state index is 13.3. The van der Waals surface area contributed by atoms with Crippen molar-refractivity contribution in [2.45, 2.75) is 12.6 Å². The first kappa shape index (κ1) is 23.7. The molecule has 188 valence electrons. The number of hydrogen-bond donors (Lipinski definition) is 2. The van der Waals surface area contributed by atoms with Crippen LogP contribution in [0.2, 0.25) is 0 Å². The topological polar surface area (TPSA) is 96.3 Å². The van der Waals surface area contributed by atoms with E-state index in [9.17, 15) is 14.0 Å². The molecule has 0 spiro atoms. The van der Waals surface area contributed by atoms with Gasteiger partial charge in [0, 0.05) is 38.4 Å². The zero-order valence-corrected chi connectivity index (χ0v) is 19.6. The van der Waals surface area contributed by atoms with Crippen molar-refractivity contribution in [1.82, 2.24) is 15.5 Å². The minimum absolute atomic E-state index is 0.135. The van der Waals surface area contributed by atoms with Crippen molar-refractivity contribution in [3.05, 3.63) is 78.0 Å². The summed E-state index contributed by atoms with van der Waals surface area (Å²) in [5.74, 6) is 0.205. The van der Waals surface area contributed by atoms with Crippen molar-refractivity contribution in [2.24, 2.45) is 0 Å². The second kappa shape index (κ2) is 10.7. The number of halogens is 1. The van der Waals surface area contributed by atoms with Crippen LogP contribution in [0.4, 0.5) is 10.1 Å². The molecule has 2 amide bonds. The molecule has 1 fully saturated rings. The molecule has 2 N–H and O–H groups in total. The third-order valence-electron chi connectivity index (χ3n) is 6.39. The van der Waals surface area contributed by atoms with Gasteiger partial charge in [-0.1, -0.05) is 6.07 Å². The summed E-state index contributed by atoms with van der Waals surface area (Å²) in [6.07, 6.45) is 1.51. The Morgan fingerprint density at radius 3 is 2.42 bits per heavy atom. The Bertz CT molecular complexity index is 1190. The lowest BCUT2D eigenvalue weighted by molar-refractivity contribution is -0.139. The van der Waals surface area contributed by atoms with Gasteiger partial charge in [-0.05, 0) is 54.1 Å². The zero-order chi connectivity index (χ0) is 24.9. The normalized spacial score (nSPS) is 16.0. The maximum Gasteiger partial charge on any atom is 0.309 e. The molecule has 1 unspecified atom stereocenters. The number of piperazine rings is 1. The molecule has 2 aliphatic rings. The molecule has 0 bridgehead atoms. The number of hydrogen-bond acceptors (Lipinski definition) is 7. The van der Waals surface area contributed by atoms with E-state index in [0.29, 0.717) is 17.3 Å². The van der Waals surface area contributed by atoms with Gasteiger partial charge in [0.05, 0.1) is 18.8 Å². The van der Waals surface area contributed by atoms with Gasteiger partial charge < -0.3 is 29.4 Å². The van der Waals surface area contributed by atoms with Gasteiger partial charge in [-0.15, -0.1) is 0 Å². The summed E-state index contributed by atoms with van der Waals surface area (Å²) in [6.45, 7) is 3.47. The first-order chi connectivity index (χ1) is 17.6. The van der Waals surface area contributed by atoms with Crippen LogP contribution in [-0.2, 0) is 16.1 Å². The van der Waals surface area contributed by atoms with E-state index in [0.717, 1.165) is 37.4 Å². The van der Waals surface area contributed by atoms with Gasteiger partial charge in [0.2, 0.25) is 6.79 Å². The standard InChI is InChI=1S/C26H27FN4O5/c27-19-4-6-20(7-5-19)30-9-11-31(12-10-30)22(18-3-8-23-24(14-18)36-17-35-23)16-29-26(33)25(32)28-15-21-2-1-13-34-21/h1-8,13-14,22H,9-12,15-17H2,(H,28,32)(H,29,33). The van der Waals surface area contributed by atoms with E-state index in [2.05, 4.69) is 20.4 Å². The Kier molecular flexibility index (Phi) is 7.03. The minimum atomic E-state index is -0.725. The van der Waals surface area contributed by atoms with Gasteiger partial charge in [-0.3, -0.25) is 14.5 Å². The van der Waals surface area contributed by atoms with Crippen molar-refractivity contribution in [1.29, 1.82) is 0 Å². The number of fused-ring (bicyclic) bond motifs is 1. The Balaban J connectivity index is 1.25. The predicted molar refractivity (Wildman–Crippen MR) is 129 cm³/mol. The zero-order valence-electron chi connectivity index (χ0n) is 19.6. The largest absolute Gasteiger partial charge is 0.467 e. The molecular formula is C26H27FN4O5. The van der Waals surface area contributed by atoms with E-state index in [1.54, 1.807) is 24.3 Å². The molecule has 36 heavy (non-hydrogen) atoms. The van der Waals surface area contributed by atoms with E-state index < -0.39 is 11.8 Å². The number of anilines is 1. The van der Waals surface area contributed by atoms with E-state index in [1.165, 1.54) is 18.4 Å². The molecule has 5 rings (SSSR count). The lowest BCUT2D eigenvalue weighted by Gasteiger charge is -2.40. The van der Waals surface area contributed by atoms with Crippen LogP contribution in [0, 0.1) is 5.82 Å². The SMILES string of the molecule is O=C(NCc1ccco1)C(=O)NCC(c1ccc2c(c1)OCO2)N1CCN(c2ccc(F)cc2)CC1. The summed E-state index contributed by atoms with van der Waals surface area (Å²) in [6, 6.07) is 15.5. The van der Waals surface area contributed by atoms with Crippen LogP contribution in [0.15, 0.2) is 65.3 Å². The highest BCUT2D eigenvalue weighted by molar-refractivity contribution is 6.35. The van der Waals surface area contributed by atoms with Gasteiger partial charge in [-0.2, -0.15) is 0 Å². The Labute approximate surface area is 207 Å². The van der Waals surface area contributed by atoms with Gasteiger partial charge in [0.15, 0.2) is 11.5 Å². The van der Waals surface area contributed by atoms with Crippen LogP contribution in [0.3, 0.4) is 0 Å². The van der Waals surface area contributed by atoms with Crippen molar-refractivity contribution in [3.63, 3.8) is 0 Å². The number of carbonyl (C=O) groups is 2. The third kappa shape index (κ3) is 5.44. The van der Waals surface area contributed by atoms with Gasteiger partial charge in [0.25, 0.3) is 0 Å². The molecule has 1 saturated heterocycles. The predicted octanol–water partition coefficient (Wildman–Crippen LogP) is 2.44. The monoisotopic (exact) mass is 494 g/mol. The average molecular weight is 495 g/mol. The number of nitrogens with zero attached hydrogens (tertiary/aromatic N) is 2. The average Bonchev–Trinajstić information content (AvgIpc) is 3.60. The quantitative estimate of drug-likeness (QED) is 0.487. The molecule has 3 aromatic rings. The van der Waals surface area contributed by atoms with Crippen molar-refractivity contribution < 1.29 is 27.9 Å². The summed E-state index contributed by atoms with van der Waals surface area (Å²) in [7, 11) is 0. The Morgan fingerprint density at radius 2 is 1.67 bits per heavy atom. The molecule has 0 aliphatic carbocycles. The second-order valence-corrected chi connectivity index (χ2v) is 8.60. The highest BCUT2D eigenvalue weighted by atomic mass is 19.1. The first-order valence-corrected chi connectivity index (χ1v) is 11.8. The highest BCUT2D eigenvalue weighted by Crippen LogP contribution is 2.35. The molecule has 9 nitrogen and oxygen atoms in total. The number of benzene rings is 2. The summed E-state index contributed by atoms with van der Waals surface area (Å²) in [4.78, 5) is 29.3. The first-order valence-electron chi connectivity index (χ1n) is 11.8. The van der Waals surface area contributed by atoms with Crippen molar-refractivity contribution in [2.75, 3.05) is 44.4 Å². The molecule has 2 aromatic carbocycles. The minimum Gasteiger partial charge on any atom is -0.467 e. The molecule has 3 heterocycles. The fourth-order valence-corrected chi connectivity index (χ4v) is 4.45. The second-order valence-electron chi connectivity index (χ2n) is 8.60. The van der Waals surface area contributed by atoms with Crippen LogP contribution >= 0.6 is 0 Å². The van der Waals surface area contributed by atoms with E-state index >= 15 is 0 Å². The number of furan rings is 1. The lowest BCUT2D eigenvalue weighted by atomic mass is 10.0. The summed E-state index contributed by atoms with van der Waals surface area (Å²) < 4.78 is 29.5. The van der Waals surface area contributed by atoms with Gasteiger partial charge in [-0.25, -0.2) is 4.39 Å². The molecule has 0 saturated carbocycles. The van der Waals surface area contributed by atoms with E-state index in [1.807, 2.05) is 18.2 Å². The maximum absolute atomic E-state index is 13.3. The molecule has 2 aliphatic heterocycles. The van der Waals surface area contributed by atoms with Gasteiger partial charge in [0.1, 0.15) is 11.6 Å². The molecule has 1 aromatic heterocycles. The highest BCUT2D eigenvalue weighted by Gasteiger charge is 2.28. The Morgan fingerprint density at radius 1 is 0.917 bits per heavy atom. The number of nitrogens with one attached hydrogen (secondary N) is 2. The number of ether oxygens (including phenoxy) is 2. The van der Waals surface area contributed by atoms with Crippen molar-refractivity contribution in [3.8, 4) is 11.5 Å². The number of amides is 2. The summed E-state index contributed by atoms with van der Waals surface area (Å²) >= 11 is 0. The molecule has 0 radical (unpaired) electrons. The smallest absolute Gasteiger partial charge is 0.309 e. The summed E-state index contributed by atoms with van der Waals surface area (Å²) in [5, 5.41) is 5.34. The fraction of sp³-hybridized carbons (Fsp3) is 0.308. The Hall–Kier alpha value is -4.05. The van der Waals surface area contributed by atoms with Gasteiger partial charge >= 0.3 is 11.8 Å². The number of rotatable bonds is 7. The van der Waals surface area contributed by atoms with Crippen LogP contribution < -0.4 is 25.0 Å². The lowest BCUT2D eigenvalue weighted by Crippen LogP contribution is -2.50. The van der Waals surface area contributed by atoms with Crippen LogP contribution in [0.5, 0.6) is 11.5 Å². The van der Waals surface area contributed by atoms with Crippen molar-refractivity contribution >= 4 is 17.5 Å². The van der Waals surface area contributed by atoms with Crippen LogP contribution in [0.25, 0.3) is 0 Å². The van der Waals surface area contributed by atoms with E-state index in [-0.39, 0.29) is 31.7 Å². The fourth-order valence-electron chi connectivity index (χ4n) is 4.45.